The van der Waals surface area contributed by atoms with Crippen LogP contribution in [0.4, 0.5) is 0 Å². The number of halogens is 1. The average Bonchev–Trinajstić information content (AvgIpc) is 3.14. The molecule has 0 N–H and O–H groups in total. The van der Waals surface area contributed by atoms with Gasteiger partial charge in [0.2, 0.25) is 11.8 Å². The standard InChI is InChI=1S/C26H22BrNO4/c1-31-16-8-6-15(7-9-16)14-28-22(29)13-11-20(26(28)30)24-18-5-3-4-17-21(27)12-10-19(23(17)18)25(24)32-2/h3-10,12,20H,11,13-14H2,1-2H3. The van der Waals surface area contributed by atoms with Crippen LogP contribution in [0.3, 0.4) is 0 Å². The molecule has 1 unspecified atom stereocenters. The van der Waals surface area contributed by atoms with E-state index in [0.29, 0.717) is 12.8 Å². The Balaban J connectivity index is 1.54. The van der Waals surface area contributed by atoms with Gasteiger partial charge in [0, 0.05) is 27.4 Å². The molecule has 162 valence electrons. The summed E-state index contributed by atoms with van der Waals surface area (Å²) in [6, 6.07) is 17.6. The van der Waals surface area contributed by atoms with Crippen LogP contribution in [0.15, 0.2) is 59.1 Å². The molecule has 1 aliphatic heterocycles. The zero-order valence-electron chi connectivity index (χ0n) is 17.9. The zero-order valence-corrected chi connectivity index (χ0v) is 19.4. The van der Waals surface area contributed by atoms with Crippen molar-refractivity contribution in [1.82, 2.24) is 4.90 Å². The molecule has 2 aliphatic rings. The van der Waals surface area contributed by atoms with Gasteiger partial charge in [-0.25, -0.2) is 0 Å². The SMILES string of the molecule is COC1=C(C2CCC(=O)N(Cc3ccc(OC)cc3)C2=O)c2cccc3c(Br)ccc1c23. The topological polar surface area (TPSA) is 55.8 Å². The number of carbonyl (C=O) groups excluding carboxylic acids is 2. The normalized spacial score (nSPS) is 18.0. The van der Waals surface area contributed by atoms with Gasteiger partial charge >= 0.3 is 0 Å². The summed E-state index contributed by atoms with van der Waals surface area (Å²) in [5.74, 6) is 0.711. The molecule has 1 aliphatic carbocycles. The molecule has 1 fully saturated rings. The summed E-state index contributed by atoms with van der Waals surface area (Å²) in [6.07, 6.45) is 0.799. The van der Waals surface area contributed by atoms with Crippen LogP contribution in [0.1, 0.15) is 29.5 Å². The second kappa shape index (κ2) is 8.10. The van der Waals surface area contributed by atoms with Crippen LogP contribution in [0.5, 0.6) is 5.75 Å². The van der Waals surface area contributed by atoms with Gasteiger partial charge < -0.3 is 9.47 Å². The molecule has 6 heteroatoms. The van der Waals surface area contributed by atoms with Crippen LogP contribution in [0.2, 0.25) is 0 Å². The second-order valence-corrected chi connectivity index (χ2v) is 8.88. The van der Waals surface area contributed by atoms with Gasteiger partial charge in [-0.15, -0.1) is 0 Å². The molecule has 2 amide bonds. The third-order valence-corrected chi connectivity index (χ3v) is 7.02. The molecule has 3 aromatic rings. The highest BCUT2D eigenvalue weighted by molar-refractivity contribution is 9.10. The predicted octanol–water partition coefficient (Wildman–Crippen LogP) is 5.40. The van der Waals surface area contributed by atoms with Gasteiger partial charge in [-0.3, -0.25) is 14.5 Å². The van der Waals surface area contributed by atoms with Crippen molar-refractivity contribution in [2.45, 2.75) is 19.4 Å². The minimum atomic E-state index is -0.433. The van der Waals surface area contributed by atoms with E-state index in [1.807, 2.05) is 48.5 Å². The number of imide groups is 1. The molecule has 3 aromatic carbocycles. The molecule has 5 nitrogen and oxygen atoms in total. The van der Waals surface area contributed by atoms with E-state index in [2.05, 4.69) is 22.0 Å². The van der Waals surface area contributed by atoms with E-state index in [0.717, 1.165) is 49.0 Å². The molecule has 1 saturated heterocycles. The number of amides is 2. The fourth-order valence-corrected chi connectivity index (χ4v) is 5.27. The molecule has 1 atom stereocenters. The van der Waals surface area contributed by atoms with Crippen molar-refractivity contribution in [2.24, 2.45) is 5.92 Å². The van der Waals surface area contributed by atoms with Crippen molar-refractivity contribution in [3.8, 4) is 5.75 Å². The number of ether oxygens (including phenoxy) is 2. The van der Waals surface area contributed by atoms with E-state index in [1.54, 1.807) is 14.2 Å². The van der Waals surface area contributed by atoms with Crippen LogP contribution in [0, 0.1) is 5.92 Å². The van der Waals surface area contributed by atoms with Crippen molar-refractivity contribution >= 4 is 49.8 Å². The average molecular weight is 492 g/mol. The highest BCUT2D eigenvalue weighted by atomic mass is 79.9. The molecule has 1 heterocycles. The van der Waals surface area contributed by atoms with E-state index < -0.39 is 5.92 Å². The number of benzene rings is 3. The number of rotatable bonds is 5. The lowest BCUT2D eigenvalue weighted by molar-refractivity contribution is -0.150. The first-order chi connectivity index (χ1) is 15.5. The second-order valence-electron chi connectivity index (χ2n) is 8.03. The highest BCUT2D eigenvalue weighted by Gasteiger charge is 2.41. The Labute approximate surface area is 194 Å². The Morgan fingerprint density at radius 3 is 2.47 bits per heavy atom. The largest absolute Gasteiger partial charge is 0.497 e. The van der Waals surface area contributed by atoms with Gasteiger partial charge in [-0.1, -0.05) is 46.3 Å². The number of carbonyl (C=O) groups is 2. The van der Waals surface area contributed by atoms with Gasteiger partial charge in [0.05, 0.1) is 26.7 Å². The van der Waals surface area contributed by atoms with Crippen molar-refractivity contribution in [1.29, 1.82) is 0 Å². The monoisotopic (exact) mass is 491 g/mol. The lowest BCUT2D eigenvalue weighted by atomic mass is 9.85. The molecule has 5 rings (SSSR count). The summed E-state index contributed by atoms with van der Waals surface area (Å²) >= 11 is 3.64. The fourth-order valence-electron chi connectivity index (χ4n) is 4.80. The third-order valence-electron chi connectivity index (χ3n) is 6.33. The lowest BCUT2D eigenvalue weighted by Gasteiger charge is -2.32. The van der Waals surface area contributed by atoms with Gasteiger partial charge in [0.1, 0.15) is 11.5 Å². The summed E-state index contributed by atoms with van der Waals surface area (Å²) in [6.45, 7) is 0.246. The minimum Gasteiger partial charge on any atom is -0.497 e. The van der Waals surface area contributed by atoms with Crippen LogP contribution >= 0.6 is 15.9 Å². The minimum absolute atomic E-state index is 0.141. The molecule has 0 spiro atoms. The van der Waals surface area contributed by atoms with E-state index >= 15 is 0 Å². The summed E-state index contributed by atoms with van der Waals surface area (Å²) in [7, 11) is 3.25. The van der Waals surface area contributed by atoms with Crippen LogP contribution in [-0.2, 0) is 20.9 Å². The van der Waals surface area contributed by atoms with Crippen molar-refractivity contribution in [3.63, 3.8) is 0 Å². The number of methoxy groups -OCH3 is 2. The molecule has 0 bridgehead atoms. The van der Waals surface area contributed by atoms with Crippen molar-refractivity contribution in [3.05, 3.63) is 75.8 Å². The summed E-state index contributed by atoms with van der Waals surface area (Å²) < 4.78 is 12.0. The Hall–Kier alpha value is -3.12. The quantitative estimate of drug-likeness (QED) is 0.448. The molecule has 0 radical (unpaired) electrons. The molecule has 32 heavy (non-hydrogen) atoms. The highest BCUT2D eigenvalue weighted by Crippen LogP contribution is 2.49. The van der Waals surface area contributed by atoms with E-state index in [1.165, 1.54) is 4.90 Å². The van der Waals surface area contributed by atoms with Gasteiger partial charge in [-0.2, -0.15) is 0 Å². The Kier molecular flexibility index (Phi) is 5.25. The maximum atomic E-state index is 13.6. The number of nitrogens with zero attached hydrogens (tertiary/aromatic N) is 1. The third kappa shape index (κ3) is 3.21. The van der Waals surface area contributed by atoms with Crippen LogP contribution < -0.4 is 4.74 Å². The molecule has 0 aromatic heterocycles. The maximum Gasteiger partial charge on any atom is 0.237 e. The Morgan fingerprint density at radius 1 is 0.969 bits per heavy atom. The number of hydrogen-bond acceptors (Lipinski definition) is 4. The first kappa shape index (κ1) is 20.8. The first-order valence-electron chi connectivity index (χ1n) is 10.5. The summed E-state index contributed by atoms with van der Waals surface area (Å²) in [5.41, 5.74) is 3.76. The van der Waals surface area contributed by atoms with Crippen molar-refractivity contribution < 1.29 is 19.1 Å². The lowest BCUT2D eigenvalue weighted by Crippen LogP contribution is -2.44. The van der Waals surface area contributed by atoms with Gasteiger partial charge in [-0.05, 0) is 47.2 Å². The van der Waals surface area contributed by atoms with Gasteiger partial charge in [0.25, 0.3) is 0 Å². The summed E-state index contributed by atoms with van der Waals surface area (Å²) in [5, 5.41) is 2.17. The Bertz CT molecular complexity index is 1280. The maximum absolute atomic E-state index is 13.6. The molecular formula is C26H22BrNO4. The Morgan fingerprint density at radius 2 is 1.75 bits per heavy atom. The predicted molar refractivity (Wildman–Crippen MR) is 127 cm³/mol. The number of piperidine rings is 1. The zero-order chi connectivity index (χ0) is 22.4. The molecular weight excluding hydrogens is 470 g/mol. The van der Waals surface area contributed by atoms with E-state index in [-0.39, 0.29) is 18.4 Å². The fraction of sp³-hybridized carbons (Fsp3) is 0.231. The van der Waals surface area contributed by atoms with Gasteiger partial charge in [0.15, 0.2) is 0 Å². The van der Waals surface area contributed by atoms with E-state index in [4.69, 9.17) is 9.47 Å². The number of hydrogen-bond donors (Lipinski definition) is 0. The van der Waals surface area contributed by atoms with Crippen LogP contribution in [0.25, 0.3) is 22.1 Å². The molecule has 0 saturated carbocycles. The van der Waals surface area contributed by atoms with Crippen LogP contribution in [-0.4, -0.2) is 30.9 Å². The number of likely N-dealkylation sites (tertiary alicyclic amines) is 1. The first-order valence-corrected chi connectivity index (χ1v) is 11.3. The summed E-state index contributed by atoms with van der Waals surface area (Å²) in [4.78, 5) is 27.7. The smallest absolute Gasteiger partial charge is 0.237 e. The van der Waals surface area contributed by atoms with Crippen molar-refractivity contribution in [2.75, 3.05) is 14.2 Å². The van der Waals surface area contributed by atoms with E-state index in [9.17, 15) is 9.59 Å².